The molecule has 0 aliphatic heterocycles. The van der Waals surface area contributed by atoms with E-state index in [0.29, 0.717) is 18.7 Å². The van der Waals surface area contributed by atoms with Gasteiger partial charge in [0.1, 0.15) is 0 Å². The number of hydrogen-bond donors (Lipinski definition) is 2. The zero-order valence-electron chi connectivity index (χ0n) is 9.87. The van der Waals surface area contributed by atoms with Crippen LogP contribution in [0.4, 0.5) is 0 Å². The maximum absolute atomic E-state index is 11.7. The molecule has 0 spiro atoms. The van der Waals surface area contributed by atoms with Crippen LogP contribution >= 0.6 is 11.6 Å². The van der Waals surface area contributed by atoms with Gasteiger partial charge in [-0.25, -0.2) is 0 Å². The number of nitrogens with one attached hydrogen (secondary N) is 2. The minimum atomic E-state index is -0.0420. The highest BCUT2D eigenvalue weighted by molar-refractivity contribution is 6.25. The SMILES string of the molecule is Cc1ccc(C(=O)NCCNC/C=C/Cl)cc1. The average Bonchev–Trinajstić information content (AvgIpc) is 2.34. The van der Waals surface area contributed by atoms with Crippen molar-refractivity contribution in [3.63, 3.8) is 0 Å². The summed E-state index contributed by atoms with van der Waals surface area (Å²) < 4.78 is 0. The lowest BCUT2D eigenvalue weighted by Crippen LogP contribution is -2.31. The van der Waals surface area contributed by atoms with Crippen LogP contribution in [0.3, 0.4) is 0 Å². The van der Waals surface area contributed by atoms with E-state index in [1.807, 2.05) is 37.3 Å². The van der Waals surface area contributed by atoms with E-state index in [9.17, 15) is 4.79 Å². The molecule has 0 heterocycles. The Hall–Kier alpha value is -1.32. The van der Waals surface area contributed by atoms with Crippen LogP contribution < -0.4 is 10.6 Å². The summed E-state index contributed by atoms with van der Waals surface area (Å²) in [6.45, 7) is 4.03. The Kier molecular flexibility index (Phi) is 6.37. The van der Waals surface area contributed by atoms with Crippen molar-refractivity contribution in [3.05, 3.63) is 47.0 Å². The monoisotopic (exact) mass is 252 g/mol. The predicted octanol–water partition coefficient (Wildman–Crippen LogP) is 2.07. The number of hydrogen-bond acceptors (Lipinski definition) is 2. The molecule has 1 aromatic rings. The fourth-order valence-corrected chi connectivity index (χ4v) is 1.39. The van der Waals surface area contributed by atoms with Gasteiger partial charge in [0.25, 0.3) is 5.91 Å². The Labute approximate surface area is 107 Å². The summed E-state index contributed by atoms with van der Waals surface area (Å²) in [4.78, 5) is 11.7. The fraction of sp³-hybridized carbons (Fsp3) is 0.308. The number of rotatable bonds is 6. The van der Waals surface area contributed by atoms with Gasteiger partial charge in [-0.15, -0.1) is 0 Å². The van der Waals surface area contributed by atoms with E-state index in [1.165, 1.54) is 5.54 Å². The van der Waals surface area contributed by atoms with Gasteiger partial charge in [-0.1, -0.05) is 35.4 Å². The second-order valence-corrected chi connectivity index (χ2v) is 3.94. The molecule has 1 rings (SSSR count). The van der Waals surface area contributed by atoms with E-state index in [4.69, 9.17) is 11.6 Å². The molecule has 1 amide bonds. The Morgan fingerprint density at radius 2 is 2.00 bits per heavy atom. The van der Waals surface area contributed by atoms with Gasteiger partial charge in [0.05, 0.1) is 0 Å². The molecule has 0 saturated heterocycles. The maximum Gasteiger partial charge on any atom is 0.251 e. The summed E-state index contributed by atoms with van der Waals surface area (Å²) in [5, 5.41) is 5.95. The Morgan fingerprint density at radius 1 is 1.29 bits per heavy atom. The third-order valence-electron chi connectivity index (χ3n) is 2.25. The third-order valence-corrected chi connectivity index (χ3v) is 2.43. The molecule has 0 unspecified atom stereocenters. The first-order valence-electron chi connectivity index (χ1n) is 5.55. The highest BCUT2D eigenvalue weighted by Crippen LogP contribution is 2.02. The molecule has 0 aliphatic carbocycles. The molecule has 2 N–H and O–H groups in total. The van der Waals surface area contributed by atoms with Gasteiger partial charge in [0.2, 0.25) is 0 Å². The fourth-order valence-electron chi connectivity index (χ4n) is 1.30. The standard InChI is InChI=1S/C13H17ClN2O/c1-11-3-5-12(6-4-11)13(17)16-10-9-15-8-2-7-14/h2-7,15H,8-10H2,1H3,(H,16,17)/b7-2+. The van der Waals surface area contributed by atoms with Crippen LogP contribution in [0.15, 0.2) is 35.9 Å². The molecule has 0 bridgehead atoms. The first-order valence-corrected chi connectivity index (χ1v) is 5.98. The van der Waals surface area contributed by atoms with Crippen LogP contribution in [-0.4, -0.2) is 25.5 Å². The molecule has 0 fully saturated rings. The van der Waals surface area contributed by atoms with Crippen LogP contribution in [0.25, 0.3) is 0 Å². The van der Waals surface area contributed by atoms with Crippen LogP contribution in [0.1, 0.15) is 15.9 Å². The smallest absolute Gasteiger partial charge is 0.251 e. The van der Waals surface area contributed by atoms with Crippen LogP contribution in [0, 0.1) is 6.92 Å². The molecule has 4 heteroatoms. The lowest BCUT2D eigenvalue weighted by Gasteiger charge is -2.05. The van der Waals surface area contributed by atoms with Crippen LogP contribution in [0.5, 0.6) is 0 Å². The van der Waals surface area contributed by atoms with E-state index in [2.05, 4.69) is 10.6 Å². The third kappa shape index (κ3) is 5.52. The first kappa shape index (κ1) is 13.7. The van der Waals surface area contributed by atoms with Crippen molar-refractivity contribution in [1.29, 1.82) is 0 Å². The van der Waals surface area contributed by atoms with E-state index >= 15 is 0 Å². The predicted molar refractivity (Wildman–Crippen MR) is 71.4 cm³/mol. The number of halogens is 1. The Balaban J connectivity index is 2.23. The molecule has 0 radical (unpaired) electrons. The van der Waals surface area contributed by atoms with Crippen molar-refractivity contribution in [2.75, 3.05) is 19.6 Å². The number of amides is 1. The summed E-state index contributed by atoms with van der Waals surface area (Å²) >= 11 is 5.37. The Morgan fingerprint density at radius 3 is 2.65 bits per heavy atom. The van der Waals surface area contributed by atoms with Crippen molar-refractivity contribution in [2.24, 2.45) is 0 Å². The van der Waals surface area contributed by atoms with E-state index < -0.39 is 0 Å². The number of aryl methyl sites for hydroxylation is 1. The Bertz CT molecular complexity index is 374. The van der Waals surface area contributed by atoms with Gasteiger partial charge in [-0.3, -0.25) is 4.79 Å². The molecule has 3 nitrogen and oxygen atoms in total. The van der Waals surface area contributed by atoms with Gasteiger partial charge in [0.15, 0.2) is 0 Å². The second kappa shape index (κ2) is 7.87. The molecule has 0 aromatic heterocycles. The van der Waals surface area contributed by atoms with Gasteiger partial charge in [-0.05, 0) is 19.1 Å². The van der Waals surface area contributed by atoms with E-state index in [-0.39, 0.29) is 5.91 Å². The van der Waals surface area contributed by atoms with Gasteiger partial charge < -0.3 is 10.6 Å². The molecule has 1 aromatic carbocycles. The minimum absolute atomic E-state index is 0.0420. The molecule has 0 aliphatic rings. The summed E-state index contributed by atoms with van der Waals surface area (Å²) in [5.74, 6) is -0.0420. The molecule has 0 saturated carbocycles. The van der Waals surface area contributed by atoms with Crippen LogP contribution in [0.2, 0.25) is 0 Å². The maximum atomic E-state index is 11.7. The van der Waals surface area contributed by atoms with Crippen molar-refractivity contribution in [3.8, 4) is 0 Å². The van der Waals surface area contributed by atoms with Crippen molar-refractivity contribution >= 4 is 17.5 Å². The largest absolute Gasteiger partial charge is 0.351 e. The number of carbonyl (C=O) groups is 1. The summed E-state index contributed by atoms with van der Waals surface area (Å²) in [7, 11) is 0. The van der Waals surface area contributed by atoms with Gasteiger partial charge in [-0.2, -0.15) is 0 Å². The zero-order chi connectivity index (χ0) is 12.5. The highest BCUT2D eigenvalue weighted by atomic mass is 35.5. The summed E-state index contributed by atoms with van der Waals surface area (Å²) in [5.41, 5.74) is 3.31. The molecular formula is C13H17ClN2O. The van der Waals surface area contributed by atoms with Crippen molar-refractivity contribution in [1.82, 2.24) is 10.6 Å². The molecular weight excluding hydrogens is 236 g/mol. The van der Waals surface area contributed by atoms with Crippen LogP contribution in [-0.2, 0) is 0 Å². The minimum Gasteiger partial charge on any atom is -0.351 e. The van der Waals surface area contributed by atoms with Gasteiger partial charge in [0, 0.05) is 30.7 Å². The number of benzene rings is 1. The quantitative estimate of drug-likeness (QED) is 0.761. The van der Waals surface area contributed by atoms with E-state index in [0.717, 1.165) is 12.1 Å². The number of carbonyl (C=O) groups excluding carboxylic acids is 1. The normalized spacial score (nSPS) is 10.7. The van der Waals surface area contributed by atoms with Crippen molar-refractivity contribution < 1.29 is 4.79 Å². The van der Waals surface area contributed by atoms with Crippen molar-refractivity contribution in [2.45, 2.75) is 6.92 Å². The first-order chi connectivity index (χ1) is 8.24. The molecule has 17 heavy (non-hydrogen) atoms. The summed E-state index contributed by atoms with van der Waals surface area (Å²) in [6, 6.07) is 7.51. The lowest BCUT2D eigenvalue weighted by atomic mass is 10.1. The van der Waals surface area contributed by atoms with Gasteiger partial charge >= 0.3 is 0 Å². The average molecular weight is 253 g/mol. The summed E-state index contributed by atoms with van der Waals surface area (Å²) in [6.07, 6.45) is 1.81. The van der Waals surface area contributed by atoms with E-state index in [1.54, 1.807) is 0 Å². The topological polar surface area (TPSA) is 41.1 Å². The highest BCUT2D eigenvalue weighted by Gasteiger charge is 2.02. The molecule has 92 valence electrons. The second-order valence-electron chi connectivity index (χ2n) is 3.69. The molecule has 0 atom stereocenters. The lowest BCUT2D eigenvalue weighted by molar-refractivity contribution is 0.0954. The zero-order valence-corrected chi connectivity index (χ0v) is 10.6.